The molecular weight excluding hydrogens is 697 g/mol. The Bertz CT molecular complexity index is 1360. The zero-order valence-electron chi connectivity index (χ0n) is 37.2. The van der Waals surface area contributed by atoms with Gasteiger partial charge in [0.15, 0.2) is 11.9 Å². The van der Waals surface area contributed by atoms with Gasteiger partial charge < -0.3 is 16.4 Å². The minimum atomic E-state index is 0. The molecule has 6 nitrogen and oxygen atoms in total. The SMILES string of the molecule is C.C.C.C.C=C1C=CC(=C)[NH+]1C.CCC(C)C[NH3+].CCC(C)c1ccc([N+](C)(C)C)cc1.CCC(C)c1cccc[n+]1C.CCC[NH2+]C.C[NH2+]c1ccc(C)cc1. The minimum absolute atomic E-state index is 0. The van der Waals surface area contributed by atoms with E-state index in [-0.39, 0.29) is 29.7 Å². The number of aryl methyl sites for hydroxylation is 2. The van der Waals surface area contributed by atoms with Crippen molar-refractivity contribution < 1.29 is 25.8 Å². The van der Waals surface area contributed by atoms with Gasteiger partial charge in [0, 0.05) is 36.1 Å². The Balaban J connectivity index is -0.000000139. The molecule has 3 unspecified atom stereocenters. The summed E-state index contributed by atoms with van der Waals surface area (Å²) < 4.78 is 3.08. The molecule has 6 heteroatoms. The van der Waals surface area contributed by atoms with Gasteiger partial charge in [0.2, 0.25) is 0 Å². The van der Waals surface area contributed by atoms with Crippen LogP contribution in [0.5, 0.6) is 0 Å². The van der Waals surface area contributed by atoms with E-state index in [0.29, 0.717) is 11.8 Å². The third kappa shape index (κ3) is 30.4. The number of hydrogen-bond acceptors (Lipinski definition) is 0. The molecule has 1 aliphatic heterocycles. The fourth-order valence-electron chi connectivity index (χ4n) is 4.65. The normalized spacial score (nSPS) is 12.6. The van der Waals surface area contributed by atoms with Gasteiger partial charge in [-0.2, -0.15) is 0 Å². The standard InChI is InChI=1S/C13H22N.C10H16N.C8H11N.C7H9N.C5H13N.C4H11N.4CH4/c1-6-11(2)12-7-9-13(10-8-12)14(3,4)5;1-4-9(2)10-7-5-6-8-11(10)3;1-7-3-5-8(9-2)6-4-7;1-6-4-5-7(2)8(6)3;1-3-5(2)4-6;1-3-4-5-2;;;;/h7-11H,6H2,1-5H3;5-9H,4H2,1-3H3;3-6,9H,1-2H3;4-5H,1-2H2,3H3;5H,3-4,6H2,1-2H3;5H,3-4H2,1-2H3;4*1H4/q2*+1;;;;;;;;/p+4. The molecule has 330 valence electrons. The van der Waals surface area contributed by atoms with Gasteiger partial charge in [0.25, 0.3) is 0 Å². The van der Waals surface area contributed by atoms with E-state index < -0.39 is 0 Å². The van der Waals surface area contributed by atoms with Crippen LogP contribution in [0, 0.1) is 12.8 Å². The Morgan fingerprint density at radius 1 is 0.737 bits per heavy atom. The second kappa shape index (κ2) is 38.1. The van der Waals surface area contributed by atoms with Crippen molar-refractivity contribution in [3.63, 3.8) is 0 Å². The maximum atomic E-state index is 3.80. The number of hydrogen-bond donors (Lipinski definition) is 4. The molecule has 0 radical (unpaired) electrons. The molecule has 1 aliphatic rings. The first kappa shape index (κ1) is 65.5. The summed E-state index contributed by atoms with van der Waals surface area (Å²) in [6.07, 6.45) is 11.0. The predicted molar refractivity (Wildman–Crippen MR) is 261 cm³/mol. The third-order valence-electron chi connectivity index (χ3n) is 9.69. The van der Waals surface area contributed by atoms with Gasteiger partial charge in [-0.15, -0.1) is 0 Å². The van der Waals surface area contributed by atoms with E-state index in [4.69, 9.17) is 0 Å². The molecule has 0 spiro atoms. The lowest BCUT2D eigenvalue weighted by Crippen LogP contribution is -3.03. The van der Waals surface area contributed by atoms with Crippen LogP contribution in [0.1, 0.15) is 133 Å². The van der Waals surface area contributed by atoms with E-state index in [2.05, 4.69) is 198 Å². The van der Waals surface area contributed by atoms with Crippen molar-refractivity contribution in [2.24, 2.45) is 13.0 Å². The lowest BCUT2D eigenvalue weighted by molar-refractivity contribution is -0.784. The number of nitrogens with one attached hydrogen (secondary N) is 1. The molecule has 0 aliphatic carbocycles. The largest absolute Gasteiger partial charge is 0.357 e. The average molecular weight is 799 g/mol. The highest BCUT2D eigenvalue weighted by atomic mass is 15.3. The van der Waals surface area contributed by atoms with Gasteiger partial charge in [-0.25, -0.2) is 4.57 Å². The van der Waals surface area contributed by atoms with Crippen molar-refractivity contribution in [1.82, 2.24) is 4.48 Å². The maximum absolute atomic E-state index is 3.80. The van der Waals surface area contributed by atoms with Crippen LogP contribution in [0.15, 0.2) is 110 Å². The average Bonchev–Trinajstić information content (AvgIpc) is 3.46. The van der Waals surface area contributed by atoms with Crippen molar-refractivity contribution in [3.05, 3.63) is 126 Å². The fourth-order valence-corrected chi connectivity index (χ4v) is 4.65. The molecule has 3 atom stereocenters. The van der Waals surface area contributed by atoms with Gasteiger partial charge in [-0.3, -0.25) is 9.38 Å². The van der Waals surface area contributed by atoms with Crippen molar-refractivity contribution >= 4 is 11.4 Å². The maximum Gasteiger partial charge on any atom is 0.183 e. The van der Waals surface area contributed by atoms with Crippen molar-refractivity contribution in [3.8, 4) is 0 Å². The molecule has 1 aromatic heterocycles. The van der Waals surface area contributed by atoms with Crippen molar-refractivity contribution in [2.75, 3.05) is 55.4 Å². The van der Waals surface area contributed by atoms with E-state index in [1.54, 1.807) is 0 Å². The second-order valence-electron chi connectivity index (χ2n) is 15.2. The van der Waals surface area contributed by atoms with Crippen LogP contribution in [0.3, 0.4) is 0 Å². The molecule has 8 N–H and O–H groups in total. The van der Waals surface area contributed by atoms with Crippen LogP contribution in [0.25, 0.3) is 0 Å². The number of allylic oxidation sites excluding steroid dienone is 2. The summed E-state index contributed by atoms with van der Waals surface area (Å²) in [5.41, 5.74) is 12.8. The number of quaternary nitrogens is 5. The zero-order valence-corrected chi connectivity index (χ0v) is 37.2. The molecule has 0 bridgehead atoms. The fraction of sp³-hybridized carbons (Fsp3) is 0.549. The lowest BCUT2D eigenvalue weighted by Gasteiger charge is -2.23. The number of aromatic nitrogens is 1. The van der Waals surface area contributed by atoms with Gasteiger partial charge >= 0.3 is 0 Å². The Kier molecular flexibility index (Phi) is 43.8. The van der Waals surface area contributed by atoms with Crippen LogP contribution >= 0.6 is 0 Å². The highest BCUT2D eigenvalue weighted by Gasteiger charge is 2.14. The number of likely N-dealkylation sites (N-methyl/N-ethyl adjacent to an activating group) is 1. The highest BCUT2D eigenvalue weighted by molar-refractivity contribution is 5.43. The van der Waals surface area contributed by atoms with Crippen LogP contribution in [0.2, 0.25) is 0 Å². The van der Waals surface area contributed by atoms with Gasteiger partial charge in [-0.1, -0.05) is 114 Å². The molecule has 0 saturated carbocycles. The molecule has 0 saturated heterocycles. The smallest absolute Gasteiger partial charge is 0.183 e. The molecule has 2 aromatic carbocycles. The summed E-state index contributed by atoms with van der Waals surface area (Å²) >= 11 is 0. The summed E-state index contributed by atoms with van der Waals surface area (Å²) in [6, 6.07) is 23.8. The zero-order chi connectivity index (χ0) is 41.0. The number of benzene rings is 2. The van der Waals surface area contributed by atoms with Crippen LogP contribution in [-0.4, -0.2) is 55.4 Å². The highest BCUT2D eigenvalue weighted by Crippen LogP contribution is 2.23. The van der Waals surface area contributed by atoms with Crippen LogP contribution in [0.4, 0.5) is 11.4 Å². The minimum Gasteiger partial charge on any atom is -0.357 e. The summed E-state index contributed by atoms with van der Waals surface area (Å²) in [6.45, 7) is 27.6. The van der Waals surface area contributed by atoms with Crippen LogP contribution in [-0.2, 0) is 7.05 Å². The van der Waals surface area contributed by atoms with E-state index in [1.807, 2.05) is 26.2 Å². The number of nitrogens with zero attached hydrogens (tertiary/aromatic N) is 2. The molecule has 2 heterocycles. The van der Waals surface area contributed by atoms with Gasteiger partial charge in [0.1, 0.15) is 29.8 Å². The topological polar surface area (TPSA) is 69.2 Å². The van der Waals surface area contributed by atoms with Gasteiger partial charge in [-0.05, 0) is 81.5 Å². The number of nitrogens with two attached hydrogens (primary N) is 2. The Morgan fingerprint density at radius 2 is 1.23 bits per heavy atom. The van der Waals surface area contributed by atoms with Crippen molar-refractivity contribution in [1.29, 1.82) is 0 Å². The molecule has 0 fully saturated rings. The second-order valence-corrected chi connectivity index (χ2v) is 15.2. The number of pyridine rings is 1. The Morgan fingerprint density at radius 3 is 1.51 bits per heavy atom. The lowest BCUT2D eigenvalue weighted by atomic mass is 9.98. The van der Waals surface area contributed by atoms with Gasteiger partial charge in [0.05, 0.1) is 55.4 Å². The monoisotopic (exact) mass is 799 g/mol. The van der Waals surface area contributed by atoms with Crippen LogP contribution < -0.4 is 30.3 Å². The van der Waals surface area contributed by atoms with Crippen molar-refractivity contribution in [2.45, 2.75) is 123 Å². The molecule has 4 rings (SSSR count). The molecule has 57 heavy (non-hydrogen) atoms. The number of rotatable bonds is 10. The first-order valence-corrected chi connectivity index (χ1v) is 20.2. The Hall–Kier alpha value is -3.39. The third-order valence-corrected chi connectivity index (χ3v) is 9.69. The quantitative estimate of drug-likeness (QED) is 0.0901. The van der Waals surface area contributed by atoms with E-state index in [1.165, 1.54) is 65.3 Å². The molecule has 0 amide bonds. The van der Waals surface area contributed by atoms with E-state index >= 15 is 0 Å². The molecule has 3 aromatic rings. The first-order valence-electron chi connectivity index (χ1n) is 20.2. The molecular formula is C51H102N6+6. The summed E-state index contributed by atoms with van der Waals surface area (Å²) in [4.78, 5) is 1.21. The summed E-state index contributed by atoms with van der Waals surface area (Å²) in [7, 11) is 14.8. The van der Waals surface area contributed by atoms with E-state index in [0.717, 1.165) is 28.3 Å². The van der Waals surface area contributed by atoms with E-state index in [9.17, 15) is 0 Å². The summed E-state index contributed by atoms with van der Waals surface area (Å²) in [5.74, 6) is 2.17. The first-order chi connectivity index (χ1) is 25.0. The summed E-state index contributed by atoms with van der Waals surface area (Å²) in [5, 5.41) is 4.28. The predicted octanol–water partition coefficient (Wildman–Crippen LogP) is 8.75. The Labute approximate surface area is 358 Å².